The van der Waals surface area contributed by atoms with Gasteiger partial charge < -0.3 is 30.2 Å². The van der Waals surface area contributed by atoms with Crippen LogP contribution in [-0.2, 0) is 6.54 Å². The van der Waals surface area contributed by atoms with Crippen LogP contribution in [0.5, 0.6) is 17.2 Å². The predicted molar refractivity (Wildman–Crippen MR) is 133 cm³/mol. The Morgan fingerprint density at radius 2 is 1.55 bits per heavy atom. The smallest absolute Gasteiger partial charge is 0.251 e. The highest BCUT2D eigenvalue weighted by atomic mass is 127. The lowest BCUT2D eigenvalue weighted by atomic mass is 10.2. The number of nitrogens with zero attached hydrogens (tertiary/aromatic N) is 1. The Bertz CT molecular complexity index is 844. The van der Waals surface area contributed by atoms with Crippen molar-refractivity contribution in [2.75, 3.05) is 41.0 Å². The Morgan fingerprint density at radius 3 is 2.16 bits per heavy atom. The first-order chi connectivity index (χ1) is 14.6. The Labute approximate surface area is 200 Å². The van der Waals surface area contributed by atoms with E-state index in [1.54, 1.807) is 45.6 Å². The van der Waals surface area contributed by atoms with E-state index >= 15 is 0 Å². The van der Waals surface area contributed by atoms with Gasteiger partial charge in [-0.2, -0.15) is 0 Å². The molecule has 0 saturated heterocycles. The quantitative estimate of drug-likeness (QED) is 0.185. The molecule has 0 aliphatic heterocycles. The van der Waals surface area contributed by atoms with Crippen molar-refractivity contribution in [2.45, 2.75) is 13.5 Å². The third-order valence-corrected chi connectivity index (χ3v) is 4.27. The van der Waals surface area contributed by atoms with E-state index in [-0.39, 0.29) is 29.9 Å². The molecule has 2 aromatic carbocycles. The van der Waals surface area contributed by atoms with Gasteiger partial charge in [0.15, 0.2) is 17.5 Å². The molecule has 170 valence electrons. The van der Waals surface area contributed by atoms with Crippen molar-refractivity contribution in [3.05, 3.63) is 53.6 Å². The van der Waals surface area contributed by atoms with Crippen molar-refractivity contribution in [3.8, 4) is 17.2 Å². The fourth-order valence-corrected chi connectivity index (χ4v) is 2.69. The first kappa shape index (κ1) is 26.3. The normalized spacial score (nSPS) is 10.5. The number of carbonyl (C=O) groups excluding carboxylic acids is 1. The number of aliphatic imine (C=N–C) groups is 1. The van der Waals surface area contributed by atoms with E-state index in [9.17, 15) is 4.79 Å². The third-order valence-electron chi connectivity index (χ3n) is 4.27. The lowest BCUT2D eigenvalue weighted by Gasteiger charge is -2.13. The van der Waals surface area contributed by atoms with Crippen LogP contribution in [0.2, 0.25) is 0 Å². The molecule has 2 aromatic rings. The minimum Gasteiger partial charge on any atom is -0.497 e. The number of benzene rings is 2. The van der Waals surface area contributed by atoms with E-state index in [1.165, 1.54) is 0 Å². The van der Waals surface area contributed by atoms with Gasteiger partial charge in [-0.3, -0.25) is 4.79 Å². The molecule has 1 amide bonds. The minimum absolute atomic E-state index is 0. The minimum atomic E-state index is -0.133. The molecule has 0 aliphatic rings. The number of hydrogen-bond acceptors (Lipinski definition) is 5. The second-order valence-corrected chi connectivity index (χ2v) is 6.30. The topological polar surface area (TPSA) is 93.2 Å². The molecule has 0 aromatic heterocycles. The highest BCUT2D eigenvalue weighted by Crippen LogP contribution is 2.27. The van der Waals surface area contributed by atoms with E-state index in [0.717, 1.165) is 12.1 Å². The van der Waals surface area contributed by atoms with Gasteiger partial charge in [-0.1, -0.05) is 6.07 Å². The van der Waals surface area contributed by atoms with E-state index in [2.05, 4.69) is 20.9 Å². The summed E-state index contributed by atoms with van der Waals surface area (Å²) >= 11 is 0. The van der Waals surface area contributed by atoms with Crippen LogP contribution in [-0.4, -0.2) is 52.8 Å². The monoisotopic (exact) mass is 542 g/mol. The maximum Gasteiger partial charge on any atom is 0.251 e. The zero-order valence-electron chi connectivity index (χ0n) is 18.4. The van der Waals surface area contributed by atoms with E-state index < -0.39 is 0 Å². The molecule has 2 rings (SSSR count). The summed E-state index contributed by atoms with van der Waals surface area (Å²) in [5, 5.41) is 9.29. The number of nitrogens with one attached hydrogen (secondary N) is 3. The maximum absolute atomic E-state index is 12.2. The Balaban J connectivity index is 0.00000480. The molecule has 0 heterocycles. The molecule has 31 heavy (non-hydrogen) atoms. The summed E-state index contributed by atoms with van der Waals surface area (Å²) in [7, 11) is 4.81. The van der Waals surface area contributed by atoms with Crippen molar-refractivity contribution in [1.29, 1.82) is 0 Å². The van der Waals surface area contributed by atoms with Crippen LogP contribution in [0.4, 0.5) is 0 Å². The predicted octanol–water partition coefficient (Wildman–Crippen LogP) is 2.82. The van der Waals surface area contributed by atoms with Crippen LogP contribution >= 0.6 is 24.0 Å². The van der Waals surface area contributed by atoms with E-state index in [1.807, 2.05) is 25.1 Å². The van der Waals surface area contributed by atoms with Gasteiger partial charge in [-0.05, 0) is 48.9 Å². The van der Waals surface area contributed by atoms with Crippen molar-refractivity contribution >= 4 is 35.8 Å². The van der Waals surface area contributed by atoms with Crippen molar-refractivity contribution in [2.24, 2.45) is 4.99 Å². The molecule has 0 aliphatic carbocycles. The van der Waals surface area contributed by atoms with Crippen LogP contribution in [0, 0.1) is 0 Å². The first-order valence-corrected chi connectivity index (χ1v) is 9.76. The Morgan fingerprint density at radius 1 is 0.871 bits per heavy atom. The lowest BCUT2D eigenvalue weighted by Crippen LogP contribution is -2.41. The summed E-state index contributed by atoms with van der Waals surface area (Å²) in [5.74, 6) is 2.61. The van der Waals surface area contributed by atoms with Crippen LogP contribution in [0.3, 0.4) is 0 Å². The van der Waals surface area contributed by atoms with Crippen molar-refractivity contribution < 1.29 is 19.0 Å². The molecule has 8 nitrogen and oxygen atoms in total. The number of rotatable bonds is 10. The Hall–Kier alpha value is -2.69. The molecule has 0 unspecified atom stereocenters. The number of ether oxygens (including phenoxy) is 3. The molecule has 0 fully saturated rings. The van der Waals surface area contributed by atoms with Gasteiger partial charge >= 0.3 is 0 Å². The van der Waals surface area contributed by atoms with Crippen LogP contribution < -0.4 is 30.2 Å². The Kier molecular flexibility index (Phi) is 12.2. The third kappa shape index (κ3) is 8.52. The van der Waals surface area contributed by atoms with Gasteiger partial charge in [0.05, 0.1) is 27.9 Å². The van der Waals surface area contributed by atoms with Crippen molar-refractivity contribution in [1.82, 2.24) is 16.0 Å². The SMILES string of the molecule is CCNC(=NCc1ccc(OC)c(OC)c1)NCCNC(=O)c1ccc(OC)cc1.I. The number of methoxy groups -OCH3 is 3. The highest BCUT2D eigenvalue weighted by molar-refractivity contribution is 14.0. The molecule has 3 N–H and O–H groups in total. The van der Waals surface area contributed by atoms with Crippen LogP contribution in [0.15, 0.2) is 47.5 Å². The summed E-state index contributed by atoms with van der Waals surface area (Å²) in [6.45, 7) is 4.22. The average Bonchev–Trinajstić information content (AvgIpc) is 2.79. The molecule has 0 radical (unpaired) electrons. The van der Waals surface area contributed by atoms with E-state index in [4.69, 9.17) is 14.2 Å². The molecular weight excluding hydrogens is 511 g/mol. The highest BCUT2D eigenvalue weighted by Gasteiger charge is 2.06. The molecule has 9 heteroatoms. The van der Waals surface area contributed by atoms with Crippen LogP contribution in [0.1, 0.15) is 22.8 Å². The largest absolute Gasteiger partial charge is 0.497 e. The number of halogens is 1. The van der Waals surface area contributed by atoms with Crippen LogP contribution in [0.25, 0.3) is 0 Å². The second kappa shape index (κ2) is 14.3. The van der Waals surface area contributed by atoms with Gasteiger partial charge in [0.2, 0.25) is 0 Å². The summed E-state index contributed by atoms with van der Waals surface area (Å²) < 4.78 is 15.7. The average molecular weight is 542 g/mol. The standard InChI is InChI=1S/C22H30N4O4.HI/c1-5-23-22(26-15-16-6-11-19(29-3)20(14-16)30-4)25-13-12-24-21(27)17-7-9-18(28-2)10-8-17;/h6-11,14H,5,12-13,15H2,1-4H3,(H,24,27)(H2,23,25,26);1H. The summed E-state index contributed by atoms with van der Waals surface area (Å²) in [4.78, 5) is 16.8. The maximum atomic E-state index is 12.2. The lowest BCUT2D eigenvalue weighted by molar-refractivity contribution is 0.0954. The van der Waals surface area contributed by atoms with Crippen molar-refractivity contribution in [3.63, 3.8) is 0 Å². The number of amides is 1. The first-order valence-electron chi connectivity index (χ1n) is 9.76. The fraction of sp³-hybridized carbons (Fsp3) is 0.364. The molecule has 0 bridgehead atoms. The zero-order chi connectivity index (χ0) is 21.8. The molecule has 0 spiro atoms. The summed E-state index contributed by atoms with van der Waals surface area (Å²) in [6, 6.07) is 12.7. The van der Waals surface area contributed by atoms with E-state index in [0.29, 0.717) is 48.4 Å². The van der Waals surface area contributed by atoms with Gasteiger partial charge in [0.1, 0.15) is 5.75 Å². The molecule has 0 saturated carbocycles. The second-order valence-electron chi connectivity index (χ2n) is 6.30. The van der Waals surface area contributed by atoms with Gasteiger partial charge in [0.25, 0.3) is 5.91 Å². The fourth-order valence-electron chi connectivity index (χ4n) is 2.69. The van der Waals surface area contributed by atoms with Gasteiger partial charge in [-0.25, -0.2) is 4.99 Å². The molecular formula is C22H31IN4O4. The van der Waals surface area contributed by atoms with Gasteiger partial charge in [0, 0.05) is 25.2 Å². The zero-order valence-corrected chi connectivity index (χ0v) is 20.7. The summed E-state index contributed by atoms with van der Waals surface area (Å²) in [5.41, 5.74) is 1.59. The summed E-state index contributed by atoms with van der Waals surface area (Å²) in [6.07, 6.45) is 0. The number of carbonyl (C=O) groups is 1. The molecule has 0 atom stereocenters. The number of guanidine groups is 1. The number of hydrogen-bond donors (Lipinski definition) is 3. The van der Waals surface area contributed by atoms with Gasteiger partial charge in [-0.15, -0.1) is 24.0 Å².